The van der Waals surface area contributed by atoms with Crippen molar-refractivity contribution in [2.45, 2.75) is 17.1 Å². The van der Waals surface area contributed by atoms with Crippen LogP contribution in [-0.2, 0) is 4.79 Å². The van der Waals surface area contributed by atoms with E-state index in [4.69, 9.17) is 9.47 Å². The normalized spacial score (nSPS) is 11.4. The lowest BCUT2D eigenvalue weighted by atomic mass is 9.98. The van der Waals surface area contributed by atoms with Gasteiger partial charge < -0.3 is 25.2 Å². The summed E-state index contributed by atoms with van der Waals surface area (Å²) in [5, 5.41) is 15.9. The van der Waals surface area contributed by atoms with Gasteiger partial charge in [-0.1, -0.05) is 24.3 Å². The zero-order chi connectivity index (χ0) is 27.2. The summed E-state index contributed by atoms with van der Waals surface area (Å²) in [6, 6.07) is 22.2. The molecule has 38 heavy (non-hydrogen) atoms. The van der Waals surface area contributed by atoms with Crippen LogP contribution in [0.1, 0.15) is 27.6 Å². The van der Waals surface area contributed by atoms with E-state index >= 15 is 0 Å². The van der Waals surface area contributed by atoms with Gasteiger partial charge in [-0.25, -0.2) is 4.79 Å². The van der Waals surface area contributed by atoms with E-state index in [1.807, 2.05) is 12.1 Å². The molecule has 0 fully saturated rings. The molecule has 2 amide bonds. The Morgan fingerprint density at radius 3 is 2.16 bits per heavy atom. The number of thioether (sulfide) groups is 1. The van der Waals surface area contributed by atoms with Gasteiger partial charge in [0.05, 0.1) is 30.7 Å². The molecule has 194 valence electrons. The summed E-state index contributed by atoms with van der Waals surface area (Å²) in [4.78, 5) is 38.4. The fourth-order valence-electron chi connectivity index (χ4n) is 3.93. The highest BCUT2D eigenvalue weighted by Gasteiger charge is 2.19. The first kappa shape index (κ1) is 26.6. The van der Waals surface area contributed by atoms with Crippen LogP contribution in [0.2, 0.25) is 0 Å². The second kappa shape index (κ2) is 11.7. The molecule has 0 saturated carbocycles. The first-order valence-corrected chi connectivity index (χ1v) is 12.5. The number of aromatic carboxylic acids is 1. The maximum Gasteiger partial charge on any atom is 0.336 e. The first-order chi connectivity index (χ1) is 18.3. The molecule has 3 N–H and O–H groups in total. The third-order valence-electron chi connectivity index (χ3n) is 5.84. The number of methoxy groups -OCH3 is 2. The Morgan fingerprint density at radius 2 is 1.53 bits per heavy atom. The molecule has 8 nitrogen and oxygen atoms in total. The number of fused-ring (bicyclic) bond motifs is 1. The zero-order valence-corrected chi connectivity index (χ0v) is 21.8. The maximum atomic E-state index is 13.0. The fourth-order valence-corrected chi connectivity index (χ4v) is 4.79. The third kappa shape index (κ3) is 5.90. The molecule has 4 rings (SSSR count). The molecular weight excluding hydrogens is 504 g/mol. The molecule has 1 unspecified atom stereocenters. The highest BCUT2D eigenvalue weighted by atomic mass is 32.2. The third-order valence-corrected chi connectivity index (χ3v) is 6.95. The van der Waals surface area contributed by atoms with E-state index in [-0.39, 0.29) is 17.0 Å². The van der Waals surface area contributed by atoms with Gasteiger partial charge in [0.1, 0.15) is 11.5 Å². The second-order valence-corrected chi connectivity index (χ2v) is 9.72. The molecule has 0 aliphatic rings. The van der Waals surface area contributed by atoms with Crippen molar-refractivity contribution >= 4 is 51.7 Å². The lowest BCUT2D eigenvalue weighted by Gasteiger charge is -2.15. The number of carbonyl (C=O) groups excluding carboxylic acids is 2. The van der Waals surface area contributed by atoms with Crippen LogP contribution < -0.4 is 20.1 Å². The average molecular weight is 531 g/mol. The van der Waals surface area contributed by atoms with Crippen molar-refractivity contribution in [2.75, 3.05) is 24.9 Å². The molecule has 0 heterocycles. The van der Waals surface area contributed by atoms with E-state index in [0.717, 1.165) is 4.90 Å². The van der Waals surface area contributed by atoms with E-state index in [9.17, 15) is 19.5 Å². The van der Waals surface area contributed by atoms with E-state index in [1.165, 1.54) is 24.9 Å². The van der Waals surface area contributed by atoms with Gasteiger partial charge in [0.25, 0.3) is 5.91 Å². The number of carboxylic acids is 1. The fraction of sp³-hybridized carbons (Fsp3) is 0.138. The highest BCUT2D eigenvalue weighted by Crippen LogP contribution is 2.31. The SMILES string of the molecule is COc1ccc(OC)c(NC(=O)C(C)Sc2ccc(NC(=O)c3cccc4cccc(C(=O)O)c34)cc2)c1. The number of hydrogen-bond acceptors (Lipinski definition) is 6. The minimum Gasteiger partial charge on any atom is -0.497 e. The minimum absolute atomic E-state index is 0.0684. The predicted octanol–water partition coefficient (Wildman–Crippen LogP) is 5.93. The summed E-state index contributed by atoms with van der Waals surface area (Å²) in [6.45, 7) is 1.79. The number of carboxylic acid groups (broad SMARTS) is 1. The summed E-state index contributed by atoms with van der Waals surface area (Å²) in [6.07, 6.45) is 0. The molecule has 0 aliphatic heterocycles. The second-order valence-electron chi connectivity index (χ2n) is 8.31. The van der Waals surface area contributed by atoms with Gasteiger partial charge in [-0.2, -0.15) is 0 Å². The van der Waals surface area contributed by atoms with Crippen molar-refractivity contribution in [2.24, 2.45) is 0 Å². The molecule has 9 heteroatoms. The molecule has 0 bridgehead atoms. The molecule has 0 saturated heterocycles. The maximum absolute atomic E-state index is 13.0. The van der Waals surface area contributed by atoms with Crippen molar-refractivity contribution in [3.63, 3.8) is 0 Å². The summed E-state index contributed by atoms with van der Waals surface area (Å²) >= 11 is 1.36. The Hall–Kier alpha value is -4.50. The molecule has 4 aromatic rings. The monoisotopic (exact) mass is 530 g/mol. The minimum atomic E-state index is -1.10. The van der Waals surface area contributed by atoms with Crippen LogP contribution in [0.4, 0.5) is 11.4 Å². The number of benzene rings is 4. The number of ether oxygens (including phenoxy) is 2. The summed E-state index contributed by atoms with van der Waals surface area (Å²) in [7, 11) is 3.08. The molecule has 1 atom stereocenters. The Balaban J connectivity index is 1.44. The van der Waals surface area contributed by atoms with Gasteiger partial charge in [0.15, 0.2) is 0 Å². The van der Waals surface area contributed by atoms with Crippen LogP contribution in [0.3, 0.4) is 0 Å². The number of amides is 2. The number of hydrogen-bond donors (Lipinski definition) is 3. The van der Waals surface area contributed by atoms with Crippen LogP contribution in [0.25, 0.3) is 10.8 Å². The van der Waals surface area contributed by atoms with Crippen LogP contribution >= 0.6 is 11.8 Å². The van der Waals surface area contributed by atoms with Gasteiger partial charge in [0.2, 0.25) is 5.91 Å². The summed E-state index contributed by atoms with van der Waals surface area (Å²) in [5.41, 5.74) is 1.40. The van der Waals surface area contributed by atoms with Gasteiger partial charge in [-0.05, 0) is 60.8 Å². The van der Waals surface area contributed by atoms with Crippen LogP contribution in [0.15, 0.2) is 83.8 Å². The largest absolute Gasteiger partial charge is 0.497 e. The Kier molecular flexibility index (Phi) is 8.18. The first-order valence-electron chi connectivity index (χ1n) is 11.7. The molecular formula is C29H26N2O6S. The molecule has 0 radical (unpaired) electrons. The molecule has 0 aliphatic carbocycles. The van der Waals surface area contributed by atoms with Gasteiger partial charge in [0, 0.05) is 27.6 Å². The average Bonchev–Trinajstić information content (AvgIpc) is 2.93. The van der Waals surface area contributed by atoms with E-state index < -0.39 is 17.1 Å². The highest BCUT2D eigenvalue weighted by molar-refractivity contribution is 8.00. The Bertz CT molecular complexity index is 1500. The summed E-state index contributed by atoms with van der Waals surface area (Å²) < 4.78 is 10.5. The quantitative estimate of drug-likeness (QED) is 0.230. The van der Waals surface area contributed by atoms with Crippen molar-refractivity contribution in [3.05, 3.63) is 90.0 Å². The zero-order valence-electron chi connectivity index (χ0n) is 21.0. The predicted molar refractivity (Wildman–Crippen MR) is 149 cm³/mol. The summed E-state index contributed by atoms with van der Waals surface area (Å²) in [5.74, 6) is -0.589. The molecule has 0 aromatic heterocycles. The van der Waals surface area contributed by atoms with Crippen LogP contribution in [0.5, 0.6) is 11.5 Å². The Labute approximate surface area is 224 Å². The van der Waals surface area contributed by atoms with E-state index in [1.54, 1.807) is 74.7 Å². The number of nitrogens with one attached hydrogen (secondary N) is 2. The number of anilines is 2. The lowest BCUT2D eigenvalue weighted by molar-refractivity contribution is -0.115. The smallest absolute Gasteiger partial charge is 0.336 e. The van der Waals surface area contributed by atoms with Gasteiger partial charge >= 0.3 is 5.97 Å². The standard InChI is InChI=1S/C29H26N2O6S/c1-17(27(32)31-24-16-20(36-2)12-15-25(24)37-3)38-21-13-10-19(11-14-21)30-28(33)22-8-4-6-18-7-5-9-23(26(18)22)29(34)35/h4-17H,1-3H3,(H,30,33)(H,31,32)(H,34,35). The molecule has 4 aromatic carbocycles. The Morgan fingerprint density at radius 1 is 0.842 bits per heavy atom. The lowest BCUT2D eigenvalue weighted by Crippen LogP contribution is -2.22. The van der Waals surface area contributed by atoms with Crippen molar-refractivity contribution < 1.29 is 29.0 Å². The van der Waals surface area contributed by atoms with E-state index in [2.05, 4.69) is 10.6 Å². The van der Waals surface area contributed by atoms with Gasteiger partial charge in [-0.3, -0.25) is 9.59 Å². The van der Waals surface area contributed by atoms with Crippen molar-refractivity contribution in [3.8, 4) is 11.5 Å². The topological polar surface area (TPSA) is 114 Å². The van der Waals surface area contributed by atoms with Gasteiger partial charge in [-0.15, -0.1) is 11.8 Å². The van der Waals surface area contributed by atoms with Crippen molar-refractivity contribution in [1.29, 1.82) is 0 Å². The van der Waals surface area contributed by atoms with Crippen LogP contribution in [0, 0.1) is 0 Å². The van der Waals surface area contributed by atoms with Crippen LogP contribution in [-0.4, -0.2) is 42.4 Å². The number of rotatable bonds is 9. The number of carbonyl (C=O) groups is 3. The van der Waals surface area contributed by atoms with E-state index in [0.29, 0.717) is 33.6 Å². The molecule has 0 spiro atoms. The van der Waals surface area contributed by atoms with Crippen molar-refractivity contribution in [1.82, 2.24) is 0 Å².